The van der Waals surface area contributed by atoms with Gasteiger partial charge < -0.3 is 20.3 Å². The van der Waals surface area contributed by atoms with Gasteiger partial charge in [-0.15, -0.1) is 0 Å². The highest BCUT2D eigenvalue weighted by Crippen LogP contribution is 2.32. The first-order valence-electron chi connectivity index (χ1n) is 11.9. The molecule has 0 fully saturated rings. The van der Waals surface area contributed by atoms with Crippen LogP contribution < -0.4 is 10.1 Å². The number of aliphatic hydroxyl groups excluding tert-OH is 1. The number of allylic oxidation sites excluding steroid dienone is 2. The summed E-state index contributed by atoms with van der Waals surface area (Å²) in [5.41, 5.74) is 3.07. The SMILES string of the molecule is CCC/C=C(/c1ccc(COc2ccc(C(CC(=O)O)N/C=C\O)cc2)cc1CC(F)(F)F)C(C)C. The van der Waals surface area contributed by atoms with Gasteiger partial charge in [-0.05, 0) is 52.3 Å². The van der Waals surface area contributed by atoms with Crippen LogP contribution in [-0.4, -0.2) is 22.4 Å². The molecule has 36 heavy (non-hydrogen) atoms. The predicted molar refractivity (Wildman–Crippen MR) is 135 cm³/mol. The van der Waals surface area contributed by atoms with Gasteiger partial charge in [0.05, 0.1) is 25.1 Å². The number of nitrogens with one attached hydrogen (secondary N) is 1. The molecule has 1 unspecified atom stereocenters. The molecule has 1 atom stereocenters. The van der Waals surface area contributed by atoms with Crippen molar-refractivity contribution in [3.05, 3.63) is 83.3 Å². The quantitative estimate of drug-likeness (QED) is 0.248. The minimum absolute atomic E-state index is 0.0875. The third-order valence-corrected chi connectivity index (χ3v) is 5.59. The van der Waals surface area contributed by atoms with Crippen molar-refractivity contribution in [2.75, 3.05) is 0 Å². The molecule has 8 heteroatoms. The van der Waals surface area contributed by atoms with Gasteiger partial charge in [-0.1, -0.05) is 63.6 Å². The molecule has 196 valence electrons. The highest BCUT2D eigenvalue weighted by Gasteiger charge is 2.29. The number of ether oxygens (including phenoxy) is 1. The van der Waals surface area contributed by atoms with E-state index in [1.54, 1.807) is 42.5 Å². The lowest BCUT2D eigenvalue weighted by Crippen LogP contribution is -2.19. The molecular weight excluding hydrogens is 471 g/mol. The van der Waals surface area contributed by atoms with Crippen LogP contribution in [0.4, 0.5) is 13.2 Å². The number of hydrogen-bond donors (Lipinski definition) is 3. The number of alkyl halides is 3. The Morgan fingerprint density at radius 2 is 1.83 bits per heavy atom. The molecule has 2 rings (SSSR count). The summed E-state index contributed by atoms with van der Waals surface area (Å²) in [6.45, 7) is 6.09. The lowest BCUT2D eigenvalue weighted by atomic mass is 9.88. The second-order valence-corrected chi connectivity index (χ2v) is 8.88. The molecule has 0 bridgehead atoms. The Balaban J connectivity index is 2.23. The number of aliphatic carboxylic acids is 1. The topological polar surface area (TPSA) is 78.8 Å². The van der Waals surface area contributed by atoms with Crippen LogP contribution in [0, 0.1) is 5.92 Å². The smallest absolute Gasteiger partial charge is 0.393 e. The van der Waals surface area contributed by atoms with E-state index in [2.05, 4.69) is 5.32 Å². The van der Waals surface area contributed by atoms with E-state index >= 15 is 0 Å². The normalized spacial score (nSPS) is 13.2. The van der Waals surface area contributed by atoms with Gasteiger partial charge in [0.25, 0.3) is 0 Å². The molecule has 0 aliphatic heterocycles. The Labute approximate surface area is 210 Å². The van der Waals surface area contributed by atoms with Gasteiger partial charge in [0, 0.05) is 6.20 Å². The lowest BCUT2D eigenvalue weighted by Gasteiger charge is -2.19. The van der Waals surface area contributed by atoms with Crippen LogP contribution in [0.25, 0.3) is 5.57 Å². The Bertz CT molecular complexity index is 1040. The fourth-order valence-corrected chi connectivity index (χ4v) is 3.91. The number of carboxylic acids is 1. The summed E-state index contributed by atoms with van der Waals surface area (Å²) in [5, 5.41) is 20.7. The first-order valence-corrected chi connectivity index (χ1v) is 11.9. The van der Waals surface area contributed by atoms with E-state index in [1.807, 2.05) is 26.8 Å². The molecular formula is C28H34F3NO4. The van der Waals surface area contributed by atoms with E-state index < -0.39 is 24.6 Å². The maximum atomic E-state index is 13.4. The van der Waals surface area contributed by atoms with Crippen LogP contribution in [0.15, 0.2) is 61.0 Å². The van der Waals surface area contributed by atoms with Gasteiger partial charge >= 0.3 is 12.1 Å². The van der Waals surface area contributed by atoms with Gasteiger partial charge in [-0.25, -0.2) is 0 Å². The molecule has 0 amide bonds. The maximum absolute atomic E-state index is 13.4. The van der Waals surface area contributed by atoms with E-state index in [0.29, 0.717) is 22.4 Å². The van der Waals surface area contributed by atoms with Gasteiger partial charge in [-0.3, -0.25) is 4.79 Å². The van der Waals surface area contributed by atoms with E-state index in [4.69, 9.17) is 14.9 Å². The number of benzene rings is 2. The van der Waals surface area contributed by atoms with Crippen LogP contribution >= 0.6 is 0 Å². The van der Waals surface area contributed by atoms with Crippen LogP contribution in [0.2, 0.25) is 0 Å². The van der Waals surface area contributed by atoms with Crippen molar-refractivity contribution in [1.82, 2.24) is 5.32 Å². The number of hydrogen-bond acceptors (Lipinski definition) is 4. The van der Waals surface area contributed by atoms with E-state index in [1.165, 1.54) is 6.20 Å². The number of carbonyl (C=O) groups is 1. The molecule has 0 aliphatic carbocycles. The minimum Gasteiger partial charge on any atom is -0.514 e. The van der Waals surface area contributed by atoms with Crippen molar-refractivity contribution in [1.29, 1.82) is 0 Å². The van der Waals surface area contributed by atoms with Gasteiger partial charge in [-0.2, -0.15) is 13.2 Å². The number of rotatable bonds is 13. The predicted octanol–water partition coefficient (Wildman–Crippen LogP) is 7.34. The average Bonchev–Trinajstić information content (AvgIpc) is 2.80. The molecule has 2 aromatic rings. The first kappa shape index (κ1) is 28.8. The molecule has 2 aromatic carbocycles. The largest absolute Gasteiger partial charge is 0.514 e. The van der Waals surface area contributed by atoms with Crippen molar-refractivity contribution in [2.45, 2.75) is 65.3 Å². The van der Waals surface area contributed by atoms with Crippen LogP contribution in [-0.2, 0) is 17.8 Å². The summed E-state index contributed by atoms with van der Waals surface area (Å²) >= 11 is 0. The summed E-state index contributed by atoms with van der Waals surface area (Å²) in [6, 6.07) is 11.3. The molecule has 0 radical (unpaired) electrons. The Hall–Kier alpha value is -3.42. The number of halogens is 3. The van der Waals surface area contributed by atoms with Crippen molar-refractivity contribution in [3.8, 4) is 5.75 Å². The highest BCUT2D eigenvalue weighted by molar-refractivity contribution is 5.70. The standard InChI is InChI=1S/C28H34F3NO4/c1-4-5-6-24(19(2)3)25-12-7-20(15-22(25)17-28(29,30)31)18-36-23-10-8-21(9-11-23)26(16-27(34)35)32-13-14-33/h6-15,19,26,32-33H,4-5,16-18H2,1-3H3,(H,34,35)/b14-13-,24-6+. The summed E-state index contributed by atoms with van der Waals surface area (Å²) in [7, 11) is 0. The average molecular weight is 506 g/mol. The summed E-state index contributed by atoms with van der Waals surface area (Å²) in [5.74, 6) is -0.406. The maximum Gasteiger partial charge on any atom is 0.393 e. The first-order chi connectivity index (χ1) is 17.0. The second kappa shape index (κ2) is 13.6. The highest BCUT2D eigenvalue weighted by atomic mass is 19.4. The Kier molecular flexibility index (Phi) is 10.9. The fraction of sp³-hybridized carbons (Fsp3) is 0.393. The summed E-state index contributed by atoms with van der Waals surface area (Å²) < 4.78 is 45.9. The molecule has 3 N–H and O–H groups in total. The molecule has 0 spiro atoms. The summed E-state index contributed by atoms with van der Waals surface area (Å²) in [4.78, 5) is 11.1. The minimum atomic E-state index is -4.33. The summed E-state index contributed by atoms with van der Waals surface area (Å²) in [6.07, 6.45) is 0.255. The molecule has 0 saturated carbocycles. The Morgan fingerprint density at radius 1 is 1.14 bits per heavy atom. The van der Waals surface area contributed by atoms with Crippen LogP contribution in [0.1, 0.15) is 68.3 Å². The van der Waals surface area contributed by atoms with Crippen molar-refractivity contribution < 1.29 is 32.9 Å². The number of unbranched alkanes of at least 4 members (excludes halogenated alkanes) is 1. The molecule has 0 saturated heterocycles. The van der Waals surface area contributed by atoms with Crippen LogP contribution in [0.5, 0.6) is 5.75 Å². The zero-order valence-corrected chi connectivity index (χ0v) is 20.8. The van der Waals surface area contributed by atoms with E-state index in [9.17, 15) is 18.0 Å². The third kappa shape index (κ3) is 9.32. The zero-order chi connectivity index (χ0) is 26.7. The third-order valence-electron chi connectivity index (χ3n) is 5.59. The molecule has 5 nitrogen and oxygen atoms in total. The zero-order valence-electron chi connectivity index (χ0n) is 20.8. The molecule has 0 aliphatic rings. The monoisotopic (exact) mass is 505 g/mol. The van der Waals surface area contributed by atoms with Crippen molar-refractivity contribution in [3.63, 3.8) is 0 Å². The van der Waals surface area contributed by atoms with Crippen LogP contribution in [0.3, 0.4) is 0 Å². The van der Waals surface area contributed by atoms with Gasteiger partial charge in [0.2, 0.25) is 0 Å². The van der Waals surface area contributed by atoms with Gasteiger partial charge in [0.15, 0.2) is 0 Å². The van der Waals surface area contributed by atoms with E-state index in [-0.39, 0.29) is 24.5 Å². The van der Waals surface area contributed by atoms with Crippen molar-refractivity contribution >= 4 is 11.5 Å². The number of aliphatic hydroxyl groups is 1. The number of carboxylic acid groups (broad SMARTS) is 1. The van der Waals surface area contributed by atoms with Crippen molar-refractivity contribution in [2.24, 2.45) is 5.92 Å². The van der Waals surface area contributed by atoms with Gasteiger partial charge in [0.1, 0.15) is 12.4 Å². The van der Waals surface area contributed by atoms with E-state index in [0.717, 1.165) is 24.7 Å². The second-order valence-electron chi connectivity index (χ2n) is 8.88. The lowest BCUT2D eigenvalue weighted by molar-refractivity contribution is -0.137. The molecule has 0 heterocycles. The fourth-order valence-electron chi connectivity index (χ4n) is 3.91. The Morgan fingerprint density at radius 3 is 2.39 bits per heavy atom. The molecule has 0 aromatic heterocycles.